The summed E-state index contributed by atoms with van der Waals surface area (Å²) in [6.45, 7) is 6.02. The van der Waals surface area contributed by atoms with Crippen LogP contribution in [0.2, 0.25) is 0 Å². The maximum Gasteiger partial charge on any atom is 0.331 e. The van der Waals surface area contributed by atoms with Gasteiger partial charge in [-0.05, 0) is 61.0 Å². The van der Waals surface area contributed by atoms with E-state index in [-0.39, 0.29) is 28.4 Å². The molecule has 1 heterocycles. The molecule has 0 bridgehead atoms. The smallest absolute Gasteiger partial charge is 0.296 e. The van der Waals surface area contributed by atoms with Crippen molar-refractivity contribution in [2.45, 2.75) is 59.4 Å². The molecule has 0 spiro atoms. The molecule has 0 saturated heterocycles. The Balaban J connectivity index is 2.24. The molecule has 160 valence electrons. The Labute approximate surface area is 180 Å². The lowest BCUT2D eigenvalue weighted by molar-refractivity contribution is -0.115. The van der Waals surface area contributed by atoms with Gasteiger partial charge in [-0.15, -0.1) is 11.8 Å². The third kappa shape index (κ3) is 3.83. The number of allylic oxidation sites excluding steroid dienone is 2. The molecule has 0 aliphatic heterocycles. The average molecular weight is 429 g/mol. The van der Waals surface area contributed by atoms with E-state index in [9.17, 15) is 19.2 Å². The molecule has 0 radical (unpaired) electrons. The van der Waals surface area contributed by atoms with Gasteiger partial charge in [-0.3, -0.25) is 23.5 Å². The zero-order valence-corrected chi connectivity index (χ0v) is 18.9. The molecule has 0 unspecified atom stereocenters. The van der Waals surface area contributed by atoms with Crippen molar-refractivity contribution in [2.75, 3.05) is 5.75 Å². The molecule has 30 heavy (non-hydrogen) atoms. The van der Waals surface area contributed by atoms with Gasteiger partial charge >= 0.3 is 5.69 Å². The number of rotatable bonds is 7. The second-order valence-electron chi connectivity index (χ2n) is 7.68. The highest BCUT2D eigenvalue weighted by Gasteiger charge is 2.29. The minimum atomic E-state index is -0.383. The van der Waals surface area contributed by atoms with Crippen molar-refractivity contribution in [3.8, 4) is 0 Å². The zero-order chi connectivity index (χ0) is 22.0. The lowest BCUT2D eigenvalue weighted by Crippen LogP contribution is -2.39. The summed E-state index contributed by atoms with van der Waals surface area (Å²) in [6, 6.07) is 3.28. The van der Waals surface area contributed by atoms with Crippen LogP contribution in [0.15, 0.2) is 32.2 Å². The Morgan fingerprint density at radius 3 is 2.50 bits per heavy atom. The van der Waals surface area contributed by atoms with Gasteiger partial charge in [0.1, 0.15) is 0 Å². The number of ketones is 2. The Morgan fingerprint density at radius 2 is 1.83 bits per heavy atom. The van der Waals surface area contributed by atoms with Gasteiger partial charge in [0, 0.05) is 25.6 Å². The largest absolute Gasteiger partial charge is 0.331 e. The van der Waals surface area contributed by atoms with Crippen molar-refractivity contribution in [3.63, 3.8) is 0 Å². The zero-order valence-electron chi connectivity index (χ0n) is 18.0. The van der Waals surface area contributed by atoms with Gasteiger partial charge in [-0.2, -0.15) is 0 Å². The highest BCUT2D eigenvalue weighted by Crippen LogP contribution is 2.34. The quantitative estimate of drug-likeness (QED) is 0.496. The molecule has 1 aromatic heterocycles. The Hall–Kier alpha value is -2.41. The predicted octanol–water partition coefficient (Wildman–Crippen LogP) is 3.75. The Morgan fingerprint density at radius 1 is 1.10 bits per heavy atom. The first kappa shape index (κ1) is 22.3. The number of nitrogens with zero attached hydrogens (tertiary/aromatic N) is 2. The summed E-state index contributed by atoms with van der Waals surface area (Å²) in [6.07, 6.45) is 3.49. The number of carbonyl (C=O) groups excluding carboxylic acids is 2. The highest BCUT2D eigenvalue weighted by atomic mass is 32.2. The van der Waals surface area contributed by atoms with Crippen LogP contribution in [0.1, 0.15) is 61.9 Å². The number of benzene rings is 1. The minimum absolute atomic E-state index is 0.117. The third-order valence-electron chi connectivity index (χ3n) is 5.55. The van der Waals surface area contributed by atoms with Crippen molar-refractivity contribution >= 4 is 34.2 Å². The molecule has 1 aliphatic rings. The van der Waals surface area contributed by atoms with Crippen LogP contribution in [-0.2, 0) is 18.4 Å². The van der Waals surface area contributed by atoms with Gasteiger partial charge in [0.15, 0.2) is 11.6 Å². The number of aryl methyl sites for hydroxylation is 2. The van der Waals surface area contributed by atoms with Crippen molar-refractivity contribution < 1.29 is 9.59 Å². The fourth-order valence-electron chi connectivity index (χ4n) is 3.99. The van der Waals surface area contributed by atoms with Crippen molar-refractivity contribution in [1.29, 1.82) is 0 Å². The number of carbonyl (C=O) groups is 2. The summed E-state index contributed by atoms with van der Waals surface area (Å²) >= 11 is 1.58. The molecule has 3 rings (SSSR count). The fourth-order valence-corrected chi connectivity index (χ4v) is 5.08. The molecule has 7 heteroatoms. The summed E-state index contributed by atoms with van der Waals surface area (Å²) in [5, 5.41) is 0.364. The first-order valence-electron chi connectivity index (χ1n) is 10.5. The van der Waals surface area contributed by atoms with E-state index < -0.39 is 0 Å². The van der Waals surface area contributed by atoms with E-state index >= 15 is 0 Å². The maximum atomic E-state index is 13.5. The molecule has 2 aromatic rings. The van der Waals surface area contributed by atoms with Gasteiger partial charge in [-0.1, -0.05) is 13.8 Å². The second kappa shape index (κ2) is 9.16. The molecular formula is C23H28N2O4S. The van der Waals surface area contributed by atoms with Gasteiger partial charge < -0.3 is 0 Å². The SMILES string of the molecule is CCCSC1=C(C(=O)c2ccc3c(c2C)c(=O)n(CCC)c(=O)n3C)C(=O)CCC1. The van der Waals surface area contributed by atoms with Crippen molar-refractivity contribution in [2.24, 2.45) is 7.05 Å². The summed E-state index contributed by atoms with van der Waals surface area (Å²) in [7, 11) is 1.63. The highest BCUT2D eigenvalue weighted by molar-refractivity contribution is 8.03. The number of Topliss-reactive ketones (excluding diaryl/α,β-unsaturated/α-hetero) is 2. The van der Waals surface area contributed by atoms with Crippen molar-refractivity contribution in [1.82, 2.24) is 9.13 Å². The molecule has 1 aromatic carbocycles. The molecule has 0 atom stereocenters. The van der Waals surface area contributed by atoms with E-state index in [1.54, 1.807) is 37.9 Å². The number of fused-ring (bicyclic) bond motifs is 1. The summed E-state index contributed by atoms with van der Waals surface area (Å²) in [5.41, 5.74) is 0.912. The first-order valence-corrected chi connectivity index (χ1v) is 11.5. The maximum absolute atomic E-state index is 13.5. The van der Waals surface area contributed by atoms with E-state index in [0.717, 1.165) is 29.9 Å². The van der Waals surface area contributed by atoms with Gasteiger partial charge in [0.05, 0.1) is 16.5 Å². The topological polar surface area (TPSA) is 78.1 Å². The lowest BCUT2D eigenvalue weighted by Gasteiger charge is -2.19. The molecule has 0 amide bonds. The number of aromatic nitrogens is 2. The van der Waals surface area contributed by atoms with Crippen LogP contribution in [0.25, 0.3) is 10.9 Å². The molecule has 0 N–H and O–H groups in total. The predicted molar refractivity (Wildman–Crippen MR) is 121 cm³/mol. The van der Waals surface area contributed by atoms with Crippen LogP contribution in [0, 0.1) is 6.92 Å². The third-order valence-corrected chi connectivity index (χ3v) is 6.91. The van der Waals surface area contributed by atoms with Crippen molar-refractivity contribution in [3.05, 3.63) is 54.6 Å². The van der Waals surface area contributed by atoms with Gasteiger partial charge in [-0.25, -0.2) is 4.79 Å². The Kier molecular flexibility index (Phi) is 6.81. The molecule has 1 aliphatic carbocycles. The first-order chi connectivity index (χ1) is 14.3. The standard InChI is InChI=1S/C23H28N2O4S/c1-5-12-25-22(28)19-14(3)15(10-11-16(19)24(4)23(25)29)21(27)20-17(26)8-7-9-18(20)30-13-6-2/h10-11H,5-9,12-13H2,1-4H3. The number of thioether (sulfide) groups is 1. The van der Waals surface area contributed by atoms with E-state index in [4.69, 9.17) is 0 Å². The molecular weight excluding hydrogens is 400 g/mol. The summed E-state index contributed by atoms with van der Waals surface area (Å²) < 4.78 is 2.67. The average Bonchev–Trinajstić information content (AvgIpc) is 2.73. The second-order valence-corrected chi connectivity index (χ2v) is 8.87. The number of hydrogen-bond donors (Lipinski definition) is 0. The van der Waals surface area contributed by atoms with E-state index in [2.05, 4.69) is 6.92 Å². The lowest BCUT2D eigenvalue weighted by atomic mass is 9.89. The van der Waals surface area contributed by atoms with Crippen LogP contribution in [0.5, 0.6) is 0 Å². The summed E-state index contributed by atoms with van der Waals surface area (Å²) in [5.74, 6) is 0.432. The molecule has 0 saturated carbocycles. The fraction of sp³-hybridized carbons (Fsp3) is 0.478. The minimum Gasteiger partial charge on any atom is -0.296 e. The van der Waals surface area contributed by atoms with Crippen LogP contribution < -0.4 is 11.2 Å². The Bertz CT molecular complexity index is 1170. The van der Waals surface area contributed by atoms with Gasteiger partial charge in [0.2, 0.25) is 0 Å². The van der Waals surface area contributed by atoms with Crippen LogP contribution in [0.3, 0.4) is 0 Å². The van der Waals surface area contributed by atoms with E-state index in [0.29, 0.717) is 41.4 Å². The molecule has 0 fully saturated rings. The van der Waals surface area contributed by atoms with Crippen LogP contribution in [-0.4, -0.2) is 26.5 Å². The monoisotopic (exact) mass is 428 g/mol. The van der Waals surface area contributed by atoms with E-state index in [1.165, 1.54) is 9.13 Å². The van der Waals surface area contributed by atoms with Gasteiger partial charge in [0.25, 0.3) is 5.56 Å². The molecule has 6 nitrogen and oxygen atoms in total. The normalized spacial score (nSPS) is 14.6. The van der Waals surface area contributed by atoms with E-state index in [1.807, 2.05) is 6.92 Å². The number of hydrogen-bond acceptors (Lipinski definition) is 5. The van der Waals surface area contributed by atoms with Crippen LogP contribution in [0.4, 0.5) is 0 Å². The van der Waals surface area contributed by atoms with Crippen LogP contribution >= 0.6 is 11.8 Å². The summed E-state index contributed by atoms with van der Waals surface area (Å²) in [4.78, 5) is 52.6.